The summed E-state index contributed by atoms with van der Waals surface area (Å²) in [5.41, 5.74) is 1.90. The lowest BCUT2D eigenvalue weighted by molar-refractivity contribution is -0.137. The van der Waals surface area contributed by atoms with Gasteiger partial charge in [0.05, 0.1) is 28.2 Å². The molecule has 1 heterocycles. The molecule has 0 spiro atoms. The van der Waals surface area contributed by atoms with Gasteiger partial charge in [-0.2, -0.15) is 13.2 Å². The molecule has 4 aromatic carbocycles. The lowest BCUT2D eigenvalue weighted by atomic mass is 10.0. The summed E-state index contributed by atoms with van der Waals surface area (Å²) in [6.07, 6.45) is -2.93. The number of halogens is 3. The smallest absolute Gasteiger partial charge is 0.328 e. The summed E-state index contributed by atoms with van der Waals surface area (Å²) >= 11 is 0. The molecule has 0 N–H and O–H groups in total. The van der Waals surface area contributed by atoms with Crippen molar-refractivity contribution in [1.29, 1.82) is 0 Å². The van der Waals surface area contributed by atoms with E-state index in [0.29, 0.717) is 35.3 Å². The molecule has 0 aliphatic carbocycles. The second-order valence-corrected chi connectivity index (χ2v) is 10.4. The zero-order valence-corrected chi connectivity index (χ0v) is 24.0. The molecule has 0 fully saturated rings. The summed E-state index contributed by atoms with van der Waals surface area (Å²) in [6.45, 7) is 4.13. The van der Waals surface area contributed by atoms with Crippen LogP contribution in [0.5, 0.6) is 0 Å². The summed E-state index contributed by atoms with van der Waals surface area (Å²) in [7, 11) is 0. The molecule has 0 aliphatic heterocycles. The van der Waals surface area contributed by atoms with Crippen LogP contribution in [0.15, 0.2) is 108 Å². The summed E-state index contributed by atoms with van der Waals surface area (Å²) < 4.78 is 42.4. The lowest BCUT2D eigenvalue weighted by Crippen LogP contribution is -2.40. The maximum atomic E-state index is 14.1. The topological polar surface area (TPSA) is 55.2 Å². The van der Waals surface area contributed by atoms with Crippen LogP contribution in [0.1, 0.15) is 59.2 Å². The van der Waals surface area contributed by atoms with E-state index in [2.05, 4.69) is 0 Å². The Labute approximate surface area is 248 Å². The van der Waals surface area contributed by atoms with Crippen molar-refractivity contribution in [3.63, 3.8) is 0 Å². The Morgan fingerprint density at radius 2 is 1.56 bits per heavy atom. The van der Waals surface area contributed by atoms with Crippen molar-refractivity contribution in [2.45, 2.75) is 45.3 Å². The predicted octanol–water partition coefficient (Wildman–Crippen LogP) is 7.80. The number of hydrogen-bond donors (Lipinski definition) is 0. The van der Waals surface area contributed by atoms with E-state index in [1.165, 1.54) is 16.7 Å². The quantitative estimate of drug-likeness (QED) is 0.178. The van der Waals surface area contributed by atoms with E-state index in [1.54, 1.807) is 29.2 Å². The molecule has 5 aromatic rings. The Balaban J connectivity index is 1.68. The number of nitrogens with zero attached hydrogens (tertiary/aromatic N) is 3. The molecule has 1 unspecified atom stereocenters. The first-order chi connectivity index (χ1) is 20.7. The number of rotatable bonds is 9. The van der Waals surface area contributed by atoms with Gasteiger partial charge < -0.3 is 4.90 Å². The van der Waals surface area contributed by atoms with Gasteiger partial charge in [0.25, 0.3) is 11.5 Å². The van der Waals surface area contributed by atoms with Gasteiger partial charge >= 0.3 is 6.18 Å². The molecule has 220 valence electrons. The molecule has 5 nitrogen and oxygen atoms in total. The molecule has 5 rings (SSSR count). The number of alkyl halides is 3. The maximum absolute atomic E-state index is 14.1. The van der Waals surface area contributed by atoms with E-state index < -0.39 is 23.7 Å². The van der Waals surface area contributed by atoms with Crippen molar-refractivity contribution in [2.75, 3.05) is 6.54 Å². The first-order valence-electron chi connectivity index (χ1n) is 14.3. The lowest BCUT2D eigenvalue weighted by Gasteiger charge is -2.33. The van der Waals surface area contributed by atoms with Gasteiger partial charge in [0.15, 0.2) is 0 Å². The molecular formula is C35H32F3N3O2. The van der Waals surface area contributed by atoms with Crippen LogP contribution >= 0.6 is 0 Å². The minimum absolute atomic E-state index is 0.0803. The highest BCUT2D eigenvalue weighted by Gasteiger charge is 2.33. The molecule has 0 radical (unpaired) electrons. The second kappa shape index (κ2) is 12.7. The monoisotopic (exact) mass is 583 g/mol. The first kappa shape index (κ1) is 29.8. The SMILES string of the molecule is CCc1ccc(-n2c(C(CC)N(CCc3ccccc3)C(=O)c3cccc(C(F)(F)F)c3)nc3ccccc3c2=O)cc1. The Kier molecular flexibility index (Phi) is 8.76. The van der Waals surface area contributed by atoms with E-state index in [0.717, 1.165) is 29.7 Å². The fraction of sp³-hybridized carbons (Fsp3) is 0.229. The van der Waals surface area contributed by atoms with Crippen LogP contribution in [0.4, 0.5) is 13.2 Å². The van der Waals surface area contributed by atoms with Crippen LogP contribution in [0, 0.1) is 0 Å². The van der Waals surface area contributed by atoms with Crippen LogP contribution in [0.2, 0.25) is 0 Å². The third-order valence-corrected chi connectivity index (χ3v) is 7.65. The predicted molar refractivity (Wildman–Crippen MR) is 162 cm³/mol. The largest absolute Gasteiger partial charge is 0.416 e. The van der Waals surface area contributed by atoms with E-state index in [1.807, 2.05) is 68.4 Å². The average Bonchev–Trinajstić information content (AvgIpc) is 3.03. The van der Waals surface area contributed by atoms with Gasteiger partial charge in [-0.1, -0.05) is 74.5 Å². The highest BCUT2D eigenvalue weighted by molar-refractivity contribution is 5.94. The Hall–Kier alpha value is -4.72. The van der Waals surface area contributed by atoms with E-state index in [4.69, 9.17) is 4.98 Å². The average molecular weight is 584 g/mol. The fourth-order valence-electron chi connectivity index (χ4n) is 5.33. The molecule has 1 atom stereocenters. The van der Waals surface area contributed by atoms with Crippen molar-refractivity contribution >= 4 is 16.8 Å². The number of para-hydroxylation sites is 1. The van der Waals surface area contributed by atoms with Crippen LogP contribution in [0.25, 0.3) is 16.6 Å². The van der Waals surface area contributed by atoms with E-state index in [9.17, 15) is 22.8 Å². The van der Waals surface area contributed by atoms with Crippen LogP contribution in [-0.4, -0.2) is 26.9 Å². The molecule has 1 amide bonds. The van der Waals surface area contributed by atoms with Gasteiger partial charge in [-0.05, 0) is 72.9 Å². The van der Waals surface area contributed by atoms with Gasteiger partial charge in [-0.25, -0.2) is 4.98 Å². The Bertz CT molecular complexity index is 1780. The number of amides is 1. The zero-order chi connectivity index (χ0) is 30.6. The standard InChI is InChI=1S/C35H32F3N3O2/c1-3-24-17-19-28(20-18-24)41-32(39-30-16-9-8-15-29(30)34(41)43)31(4-2)40(22-21-25-11-6-5-7-12-25)33(42)26-13-10-14-27(23-26)35(36,37)38/h5-20,23,31H,3-4,21-22H2,1-2H3. The first-order valence-corrected chi connectivity index (χ1v) is 14.3. The molecule has 0 bridgehead atoms. The van der Waals surface area contributed by atoms with Gasteiger partial charge in [-0.3, -0.25) is 14.2 Å². The van der Waals surface area contributed by atoms with Crippen molar-refractivity contribution < 1.29 is 18.0 Å². The van der Waals surface area contributed by atoms with Crippen molar-refractivity contribution in [3.8, 4) is 5.69 Å². The highest BCUT2D eigenvalue weighted by Crippen LogP contribution is 2.32. The number of aromatic nitrogens is 2. The van der Waals surface area contributed by atoms with Gasteiger partial charge in [-0.15, -0.1) is 0 Å². The summed E-state index contributed by atoms with van der Waals surface area (Å²) in [5.74, 6) is -0.215. The van der Waals surface area contributed by atoms with Crippen LogP contribution < -0.4 is 5.56 Å². The minimum Gasteiger partial charge on any atom is -0.328 e. The highest BCUT2D eigenvalue weighted by atomic mass is 19.4. The van der Waals surface area contributed by atoms with Gasteiger partial charge in [0, 0.05) is 12.1 Å². The third-order valence-electron chi connectivity index (χ3n) is 7.65. The number of carbonyl (C=O) groups excluding carboxylic acids is 1. The van der Waals surface area contributed by atoms with Crippen LogP contribution in [0.3, 0.4) is 0 Å². The molecule has 1 aromatic heterocycles. The normalized spacial score (nSPS) is 12.3. The Morgan fingerprint density at radius 3 is 2.23 bits per heavy atom. The molecule has 0 aliphatic rings. The van der Waals surface area contributed by atoms with Gasteiger partial charge in [0.1, 0.15) is 5.82 Å². The molecule has 0 saturated heterocycles. The number of fused-ring (bicyclic) bond motifs is 1. The van der Waals surface area contributed by atoms with E-state index in [-0.39, 0.29) is 17.7 Å². The summed E-state index contributed by atoms with van der Waals surface area (Å²) in [6, 6.07) is 28.0. The summed E-state index contributed by atoms with van der Waals surface area (Å²) in [4.78, 5) is 34.6. The molecular weight excluding hydrogens is 551 g/mol. The second-order valence-electron chi connectivity index (χ2n) is 10.4. The number of carbonyl (C=O) groups is 1. The van der Waals surface area contributed by atoms with Crippen molar-refractivity contribution in [2.24, 2.45) is 0 Å². The van der Waals surface area contributed by atoms with Gasteiger partial charge in [0.2, 0.25) is 0 Å². The maximum Gasteiger partial charge on any atom is 0.416 e. The third kappa shape index (κ3) is 6.38. The molecule has 43 heavy (non-hydrogen) atoms. The number of hydrogen-bond acceptors (Lipinski definition) is 3. The fourth-order valence-corrected chi connectivity index (χ4v) is 5.33. The van der Waals surface area contributed by atoms with Crippen molar-refractivity contribution in [1.82, 2.24) is 14.5 Å². The molecule has 8 heteroatoms. The minimum atomic E-state index is -4.60. The Morgan fingerprint density at radius 1 is 0.860 bits per heavy atom. The van der Waals surface area contributed by atoms with Crippen LogP contribution in [-0.2, 0) is 19.0 Å². The number of aryl methyl sites for hydroxylation is 1. The molecule has 0 saturated carbocycles. The summed E-state index contributed by atoms with van der Waals surface area (Å²) in [5, 5.41) is 0.431. The number of benzene rings is 4. The zero-order valence-electron chi connectivity index (χ0n) is 24.0. The van der Waals surface area contributed by atoms with Crippen molar-refractivity contribution in [3.05, 3.63) is 142 Å². The van der Waals surface area contributed by atoms with E-state index >= 15 is 0 Å².